The van der Waals surface area contributed by atoms with E-state index in [1.54, 1.807) is 34.1 Å². The highest BCUT2D eigenvalue weighted by atomic mass is 16.4. The minimum Gasteiger partial charge on any atom is -0.408 e. The zero-order valence-corrected chi connectivity index (χ0v) is 14.8. The number of hydrogen-bond donors (Lipinski definition) is 0. The van der Waals surface area contributed by atoms with Crippen molar-refractivity contribution >= 4 is 22.9 Å². The van der Waals surface area contributed by atoms with Gasteiger partial charge < -0.3 is 14.2 Å². The van der Waals surface area contributed by atoms with Crippen LogP contribution >= 0.6 is 0 Å². The maximum absolute atomic E-state index is 12.6. The first-order valence-electron chi connectivity index (χ1n) is 8.43. The number of oxazole rings is 1. The molecule has 7 heteroatoms. The number of para-hydroxylation sites is 2. The van der Waals surface area contributed by atoms with Gasteiger partial charge in [-0.05, 0) is 12.1 Å². The Kier molecular flexibility index (Phi) is 4.41. The van der Waals surface area contributed by atoms with Crippen LogP contribution in [0.3, 0.4) is 0 Å². The first-order valence-corrected chi connectivity index (χ1v) is 8.43. The average Bonchev–Trinajstić information content (AvgIpc) is 2.89. The lowest BCUT2D eigenvalue weighted by Gasteiger charge is -2.37. The van der Waals surface area contributed by atoms with E-state index in [-0.39, 0.29) is 18.4 Å². The molecule has 2 aromatic rings. The number of piperazine rings is 1. The van der Waals surface area contributed by atoms with Gasteiger partial charge in [0.05, 0.1) is 5.52 Å². The Labute approximate surface area is 145 Å². The average molecular weight is 345 g/mol. The molecule has 0 atom stereocenters. The highest BCUT2D eigenvalue weighted by Crippen LogP contribution is 2.19. The molecule has 25 heavy (non-hydrogen) atoms. The van der Waals surface area contributed by atoms with Gasteiger partial charge in [0, 0.05) is 31.6 Å². The topological polar surface area (TPSA) is 75.8 Å². The maximum atomic E-state index is 12.6. The molecule has 1 aliphatic heterocycles. The molecule has 0 aliphatic carbocycles. The van der Waals surface area contributed by atoms with Crippen molar-refractivity contribution in [3.8, 4) is 0 Å². The lowest BCUT2D eigenvalue weighted by Crippen LogP contribution is -2.53. The number of aromatic nitrogens is 1. The zero-order chi connectivity index (χ0) is 18.2. The third-order valence-electron chi connectivity index (χ3n) is 4.43. The van der Waals surface area contributed by atoms with Crippen LogP contribution in [-0.4, -0.2) is 52.4 Å². The summed E-state index contributed by atoms with van der Waals surface area (Å²) in [6, 6.07) is 7.04. The molecule has 3 rings (SSSR count). The molecule has 0 saturated carbocycles. The summed E-state index contributed by atoms with van der Waals surface area (Å²) in [6.07, 6.45) is 0. The molecule has 134 valence electrons. The first kappa shape index (κ1) is 17.3. The molecule has 0 bridgehead atoms. The molecular formula is C18H23N3O4. The van der Waals surface area contributed by atoms with Crippen LogP contribution < -0.4 is 5.76 Å². The molecule has 1 aromatic heterocycles. The number of carbonyl (C=O) groups is 2. The van der Waals surface area contributed by atoms with E-state index >= 15 is 0 Å². The van der Waals surface area contributed by atoms with Crippen LogP contribution in [0.1, 0.15) is 20.8 Å². The van der Waals surface area contributed by atoms with E-state index in [1.807, 2.05) is 20.8 Å². The fourth-order valence-electron chi connectivity index (χ4n) is 3.03. The summed E-state index contributed by atoms with van der Waals surface area (Å²) in [5.41, 5.74) is 0.665. The summed E-state index contributed by atoms with van der Waals surface area (Å²) < 4.78 is 6.51. The van der Waals surface area contributed by atoms with Gasteiger partial charge in [-0.3, -0.25) is 14.2 Å². The molecular weight excluding hydrogens is 322 g/mol. The highest BCUT2D eigenvalue weighted by molar-refractivity contribution is 5.82. The number of hydrogen-bond acceptors (Lipinski definition) is 4. The summed E-state index contributed by atoms with van der Waals surface area (Å²) in [7, 11) is 0. The van der Waals surface area contributed by atoms with E-state index in [2.05, 4.69) is 0 Å². The van der Waals surface area contributed by atoms with Crippen LogP contribution in [0.2, 0.25) is 0 Å². The van der Waals surface area contributed by atoms with Crippen molar-refractivity contribution in [2.24, 2.45) is 5.41 Å². The van der Waals surface area contributed by atoms with Crippen molar-refractivity contribution in [2.45, 2.75) is 27.3 Å². The standard InChI is InChI=1S/C18H23N3O4/c1-18(2,3)16(23)20-10-8-19(9-11-20)15(22)12-21-13-6-4-5-7-14(13)25-17(21)24/h4-7H,8-12H2,1-3H3. The van der Waals surface area contributed by atoms with E-state index in [4.69, 9.17) is 4.42 Å². The number of benzene rings is 1. The van der Waals surface area contributed by atoms with E-state index < -0.39 is 11.2 Å². The molecule has 0 unspecified atom stereocenters. The number of fused-ring (bicyclic) bond motifs is 1. The SMILES string of the molecule is CC(C)(C)C(=O)N1CCN(C(=O)Cn2c(=O)oc3ccccc32)CC1. The summed E-state index contributed by atoms with van der Waals surface area (Å²) in [5, 5.41) is 0. The van der Waals surface area contributed by atoms with Crippen molar-refractivity contribution in [3.63, 3.8) is 0 Å². The molecule has 1 aliphatic rings. The van der Waals surface area contributed by atoms with Crippen LogP contribution in [-0.2, 0) is 16.1 Å². The summed E-state index contributed by atoms with van der Waals surface area (Å²) in [5.74, 6) is -0.579. The quantitative estimate of drug-likeness (QED) is 0.822. The predicted octanol–water partition coefficient (Wildman–Crippen LogP) is 1.31. The fourth-order valence-corrected chi connectivity index (χ4v) is 3.03. The van der Waals surface area contributed by atoms with Crippen LogP contribution in [0.5, 0.6) is 0 Å². The van der Waals surface area contributed by atoms with Gasteiger partial charge in [-0.25, -0.2) is 4.79 Å². The number of carbonyl (C=O) groups excluding carboxylic acids is 2. The Morgan fingerprint density at radius 3 is 2.28 bits per heavy atom. The Hall–Kier alpha value is -2.57. The van der Waals surface area contributed by atoms with E-state index in [0.29, 0.717) is 37.3 Å². The zero-order valence-electron chi connectivity index (χ0n) is 14.8. The van der Waals surface area contributed by atoms with Crippen molar-refractivity contribution in [1.29, 1.82) is 0 Å². The van der Waals surface area contributed by atoms with Crippen molar-refractivity contribution in [1.82, 2.24) is 14.4 Å². The number of nitrogens with zero attached hydrogens (tertiary/aromatic N) is 3. The van der Waals surface area contributed by atoms with Gasteiger partial charge in [0.1, 0.15) is 6.54 Å². The summed E-state index contributed by atoms with van der Waals surface area (Å²) in [4.78, 5) is 40.3. The van der Waals surface area contributed by atoms with Crippen LogP contribution in [0.15, 0.2) is 33.5 Å². The van der Waals surface area contributed by atoms with E-state index in [0.717, 1.165) is 0 Å². The van der Waals surface area contributed by atoms with Gasteiger partial charge in [-0.2, -0.15) is 0 Å². The lowest BCUT2D eigenvalue weighted by atomic mass is 9.94. The van der Waals surface area contributed by atoms with Crippen LogP contribution in [0.4, 0.5) is 0 Å². The van der Waals surface area contributed by atoms with Crippen molar-refractivity contribution in [2.75, 3.05) is 26.2 Å². The molecule has 7 nitrogen and oxygen atoms in total. The Balaban J connectivity index is 1.66. The van der Waals surface area contributed by atoms with Gasteiger partial charge in [0.2, 0.25) is 11.8 Å². The normalized spacial score (nSPS) is 15.6. The Bertz CT molecular complexity index is 851. The molecule has 2 heterocycles. The highest BCUT2D eigenvalue weighted by Gasteiger charge is 2.31. The Morgan fingerprint density at radius 2 is 1.64 bits per heavy atom. The summed E-state index contributed by atoms with van der Waals surface area (Å²) >= 11 is 0. The third-order valence-corrected chi connectivity index (χ3v) is 4.43. The number of amides is 2. The second-order valence-electron chi connectivity index (χ2n) is 7.34. The molecule has 0 N–H and O–H groups in total. The van der Waals surface area contributed by atoms with Crippen molar-refractivity contribution in [3.05, 3.63) is 34.8 Å². The smallest absolute Gasteiger partial charge is 0.408 e. The fraction of sp³-hybridized carbons (Fsp3) is 0.500. The van der Waals surface area contributed by atoms with Crippen LogP contribution in [0.25, 0.3) is 11.1 Å². The molecule has 0 radical (unpaired) electrons. The van der Waals surface area contributed by atoms with Gasteiger partial charge in [0.15, 0.2) is 5.58 Å². The van der Waals surface area contributed by atoms with Gasteiger partial charge in [-0.1, -0.05) is 32.9 Å². The van der Waals surface area contributed by atoms with Crippen LogP contribution in [0, 0.1) is 5.41 Å². The monoisotopic (exact) mass is 345 g/mol. The van der Waals surface area contributed by atoms with E-state index in [1.165, 1.54) is 4.57 Å². The van der Waals surface area contributed by atoms with Gasteiger partial charge in [-0.15, -0.1) is 0 Å². The van der Waals surface area contributed by atoms with Gasteiger partial charge >= 0.3 is 5.76 Å². The third kappa shape index (κ3) is 3.45. The Morgan fingerprint density at radius 1 is 1.04 bits per heavy atom. The van der Waals surface area contributed by atoms with Gasteiger partial charge in [0.25, 0.3) is 0 Å². The minimum atomic E-state index is -0.531. The second-order valence-corrected chi connectivity index (χ2v) is 7.34. The largest absolute Gasteiger partial charge is 0.420 e. The minimum absolute atomic E-state index is 0.0525. The molecule has 1 aromatic carbocycles. The summed E-state index contributed by atoms with van der Waals surface area (Å²) in [6.45, 7) is 7.61. The molecule has 1 fully saturated rings. The molecule has 1 saturated heterocycles. The second kappa shape index (κ2) is 6.38. The molecule has 2 amide bonds. The van der Waals surface area contributed by atoms with E-state index in [9.17, 15) is 14.4 Å². The predicted molar refractivity (Wildman–Crippen MR) is 93.1 cm³/mol. The maximum Gasteiger partial charge on any atom is 0.420 e. The molecule has 0 spiro atoms. The van der Waals surface area contributed by atoms with Crippen molar-refractivity contribution < 1.29 is 14.0 Å². The first-order chi connectivity index (χ1) is 11.8. The number of rotatable bonds is 2. The lowest BCUT2D eigenvalue weighted by molar-refractivity contribution is -0.145.